The van der Waals surface area contributed by atoms with E-state index < -0.39 is 0 Å². The highest BCUT2D eigenvalue weighted by Gasteiger charge is 2.05. The average molecular weight is 217 g/mol. The Hall–Kier alpha value is -1.13. The fourth-order valence-corrected chi connectivity index (χ4v) is 0.880. The molecule has 78 valence electrons. The summed E-state index contributed by atoms with van der Waals surface area (Å²) in [7, 11) is 0. The molecule has 0 saturated heterocycles. The molecule has 0 aromatic carbocycles. The molecule has 1 rings (SSSR count). The Balaban J connectivity index is 0.00000169. The van der Waals surface area contributed by atoms with Gasteiger partial charge in [0.15, 0.2) is 0 Å². The number of ether oxygens (including phenoxy) is 1. The second kappa shape index (κ2) is 6.34. The number of nitrogens with zero attached hydrogens (tertiary/aromatic N) is 1. The molecule has 4 nitrogen and oxygen atoms in total. The van der Waals surface area contributed by atoms with Gasteiger partial charge in [0.25, 0.3) is 0 Å². The maximum Gasteiger partial charge on any atom is 0.339 e. The summed E-state index contributed by atoms with van der Waals surface area (Å²) in [6.07, 6.45) is 1.47. The molecule has 0 aliphatic carbocycles. The largest absolute Gasteiger partial charge is 0.462 e. The number of hydrogen-bond donors (Lipinski definition) is 1. The van der Waals surface area contributed by atoms with Crippen LogP contribution >= 0.6 is 12.4 Å². The molecular weight excluding hydrogens is 204 g/mol. The fourth-order valence-electron chi connectivity index (χ4n) is 0.880. The lowest BCUT2D eigenvalue weighted by atomic mass is 10.2. The Bertz CT molecular complexity index is 287. The number of esters is 1. The lowest BCUT2D eigenvalue weighted by Crippen LogP contribution is -2.06. The van der Waals surface area contributed by atoms with Gasteiger partial charge in [-0.2, -0.15) is 0 Å². The molecule has 0 aliphatic rings. The molecule has 1 heterocycles. The smallest absolute Gasteiger partial charge is 0.339 e. The van der Waals surface area contributed by atoms with Crippen molar-refractivity contribution in [3.05, 3.63) is 29.6 Å². The normalized spacial score (nSPS) is 9.00. The Morgan fingerprint density at radius 2 is 2.29 bits per heavy atom. The molecule has 0 spiro atoms. The first-order valence-corrected chi connectivity index (χ1v) is 4.10. The maximum atomic E-state index is 11.2. The molecule has 0 aliphatic heterocycles. The minimum atomic E-state index is -0.349. The number of hydrogen-bond acceptors (Lipinski definition) is 4. The molecule has 0 bridgehead atoms. The van der Waals surface area contributed by atoms with Gasteiger partial charge in [0.2, 0.25) is 0 Å². The van der Waals surface area contributed by atoms with Crippen LogP contribution in [0.15, 0.2) is 18.3 Å². The molecule has 0 unspecified atom stereocenters. The van der Waals surface area contributed by atoms with Gasteiger partial charge in [-0.3, -0.25) is 4.98 Å². The van der Waals surface area contributed by atoms with Crippen molar-refractivity contribution in [1.82, 2.24) is 4.98 Å². The van der Waals surface area contributed by atoms with Gasteiger partial charge in [0.1, 0.15) is 0 Å². The monoisotopic (exact) mass is 216 g/mol. The summed E-state index contributed by atoms with van der Waals surface area (Å²) in [5.74, 6) is -0.349. The lowest BCUT2D eigenvalue weighted by molar-refractivity contribution is 0.0526. The van der Waals surface area contributed by atoms with Crippen LogP contribution in [-0.2, 0) is 11.3 Å². The van der Waals surface area contributed by atoms with E-state index in [2.05, 4.69) is 4.98 Å². The van der Waals surface area contributed by atoms with Crippen LogP contribution in [0, 0.1) is 0 Å². The van der Waals surface area contributed by atoms with Crippen LogP contribution < -0.4 is 5.73 Å². The fraction of sp³-hybridized carbons (Fsp3) is 0.333. The summed E-state index contributed by atoms with van der Waals surface area (Å²) in [4.78, 5) is 15.1. The van der Waals surface area contributed by atoms with E-state index in [4.69, 9.17) is 10.5 Å². The molecule has 1 aromatic heterocycles. The average Bonchev–Trinajstić information content (AvgIpc) is 2.18. The molecule has 1 aromatic rings. The standard InChI is InChI=1S/C9H12N2O2.ClH/c1-2-13-9(12)7-3-4-8(5-10)11-6-7;/h3-4,6H,2,5,10H2,1H3;1H. The second-order valence-corrected chi connectivity index (χ2v) is 2.46. The highest BCUT2D eigenvalue weighted by atomic mass is 35.5. The molecular formula is C9H13ClN2O2. The number of aromatic nitrogens is 1. The van der Waals surface area contributed by atoms with Crippen LogP contribution in [0.2, 0.25) is 0 Å². The Labute approximate surface area is 88.9 Å². The van der Waals surface area contributed by atoms with E-state index in [1.807, 2.05) is 0 Å². The van der Waals surface area contributed by atoms with Crippen molar-refractivity contribution in [2.45, 2.75) is 13.5 Å². The molecule has 0 radical (unpaired) electrons. The summed E-state index contributed by atoms with van der Waals surface area (Å²) in [5.41, 5.74) is 6.57. The predicted octanol–water partition coefficient (Wildman–Crippen LogP) is 1.14. The summed E-state index contributed by atoms with van der Waals surface area (Å²) in [6.45, 7) is 2.51. The van der Waals surface area contributed by atoms with Crippen LogP contribution in [0.3, 0.4) is 0 Å². The Kier molecular flexibility index (Phi) is 5.83. The molecule has 0 atom stereocenters. The van der Waals surface area contributed by atoms with E-state index in [0.29, 0.717) is 18.7 Å². The first-order chi connectivity index (χ1) is 6.27. The zero-order valence-corrected chi connectivity index (χ0v) is 8.71. The van der Waals surface area contributed by atoms with Crippen LogP contribution in [0.4, 0.5) is 0 Å². The Morgan fingerprint density at radius 3 is 2.71 bits per heavy atom. The molecule has 0 saturated carbocycles. The third-order valence-corrected chi connectivity index (χ3v) is 1.55. The van der Waals surface area contributed by atoms with Gasteiger partial charge in [0, 0.05) is 12.7 Å². The van der Waals surface area contributed by atoms with Crippen LogP contribution in [0.25, 0.3) is 0 Å². The minimum absolute atomic E-state index is 0. The van der Waals surface area contributed by atoms with Gasteiger partial charge in [-0.1, -0.05) is 0 Å². The van der Waals surface area contributed by atoms with E-state index in [9.17, 15) is 4.79 Å². The summed E-state index contributed by atoms with van der Waals surface area (Å²) in [6, 6.07) is 3.37. The van der Waals surface area contributed by atoms with Crippen molar-refractivity contribution < 1.29 is 9.53 Å². The third-order valence-electron chi connectivity index (χ3n) is 1.55. The summed E-state index contributed by atoms with van der Waals surface area (Å²) < 4.78 is 4.79. The van der Waals surface area contributed by atoms with E-state index in [0.717, 1.165) is 5.69 Å². The molecule has 0 amide bonds. The number of carbonyl (C=O) groups excluding carboxylic acids is 1. The number of halogens is 1. The predicted molar refractivity (Wildman–Crippen MR) is 55.3 cm³/mol. The minimum Gasteiger partial charge on any atom is -0.462 e. The van der Waals surface area contributed by atoms with Crippen molar-refractivity contribution in [2.24, 2.45) is 5.73 Å². The van der Waals surface area contributed by atoms with Gasteiger partial charge in [-0.15, -0.1) is 12.4 Å². The van der Waals surface area contributed by atoms with Crippen LogP contribution in [0.1, 0.15) is 23.0 Å². The topological polar surface area (TPSA) is 65.2 Å². The zero-order valence-electron chi connectivity index (χ0n) is 7.90. The van der Waals surface area contributed by atoms with Gasteiger partial charge >= 0.3 is 5.97 Å². The quantitative estimate of drug-likeness (QED) is 0.770. The molecule has 5 heteroatoms. The maximum absolute atomic E-state index is 11.2. The highest BCUT2D eigenvalue weighted by molar-refractivity contribution is 5.88. The summed E-state index contributed by atoms with van der Waals surface area (Å²) in [5, 5.41) is 0. The molecule has 2 N–H and O–H groups in total. The lowest BCUT2D eigenvalue weighted by Gasteiger charge is -2.01. The summed E-state index contributed by atoms with van der Waals surface area (Å²) >= 11 is 0. The number of nitrogens with two attached hydrogens (primary N) is 1. The van der Waals surface area contributed by atoms with Crippen molar-refractivity contribution in [1.29, 1.82) is 0 Å². The van der Waals surface area contributed by atoms with E-state index in [1.165, 1.54) is 6.20 Å². The van der Waals surface area contributed by atoms with Crippen molar-refractivity contribution in [3.63, 3.8) is 0 Å². The zero-order chi connectivity index (χ0) is 9.68. The van der Waals surface area contributed by atoms with Crippen molar-refractivity contribution in [2.75, 3.05) is 6.61 Å². The van der Waals surface area contributed by atoms with E-state index in [-0.39, 0.29) is 18.4 Å². The number of carbonyl (C=O) groups is 1. The number of pyridine rings is 1. The van der Waals surface area contributed by atoms with Gasteiger partial charge in [-0.05, 0) is 19.1 Å². The van der Waals surface area contributed by atoms with Gasteiger partial charge in [-0.25, -0.2) is 4.79 Å². The SMILES string of the molecule is CCOC(=O)c1ccc(CN)nc1.Cl. The highest BCUT2D eigenvalue weighted by Crippen LogP contribution is 2.01. The number of rotatable bonds is 3. The molecule has 0 fully saturated rings. The Morgan fingerprint density at radius 1 is 1.57 bits per heavy atom. The van der Waals surface area contributed by atoms with E-state index in [1.54, 1.807) is 19.1 Å². The molecule has 14 heavy (non-hydrogen) atoms. The van der Waals surface area contributed by atoms with Crippen LogP contribution in [0.5, 0.6) is 0 Å². The van der Waals surface area contributed by atoms with E-state index >= 15 is 0 Å². The van der Waals surface area contributed by atoms with Crippen molar-refractivity contribution in [3.8, 4) is 0 Å². The van der Waals surface area contributed by atoms with Crippen LogP contribution in [-0.4, -0.2) is 17.6 Å². The van der Waals surface area contributed by atoms with Gasteiger partial charge in [0.05, 0.1) is 17.9 Å². The third kappa shape index (κ3) is 3.32. The second-order valence-electron chi connectivity index (χ2n) is 2.46. The van der Waals surface area contributed by atoms with Gasteiger partial charge < -0.3 is 10.5 Å². The first-order valence-electron chi connectivity index (χ1n) is 4.10. The first kappa shape index (κ1) is 12.9. The van der Waals surface area contributed by atoms with Crippen molar-refractivity contribution >= 4 is 18.4 Å².